The third-order valence-corrected chi connectivity index (χ3v) is 3.01. The number of ether oxygens (including phenoxy) is 3. The molecule has 0 aliphatic carbocycles. The standard InChI is InChI=1S/C16H24N2O6/c1-11(23-9-8-17-15(19)24-16(2,3)4)12-6-7-14(22-5)13(10-12)18(20)21/h6-7,10-11H,8-9H2,1-5H3,(H,17,19). The number of nitro benzene ring substituents is 1. The van der Waals surface area contributed by atoms with E-state index >= 15 is 0 Å². The van der Waals surface area contributed by atoms with Crippen molar-refractivity contribution in [1.29, 1.82) is 0 Å². The lowest BCUT2D eigenvalue weighted by molar-refractivity contribution is -0.385. The number of amides is 1. The minimum atomic E-state index is -0.555. The van der Waals surface area contributed by atoms with Crippen LogP contribution in [0.4, 0.5) is 10.5 Å². The summed E-state index contributed by atoms with van der Waals surface area (Å²) in [7, 11) is 1.38. The number of hydrogen-bond donors (Lipinski definition) is 1. The zero-order valence-corrected chi connectivity index (χ0v) is 14.6. The van der Waals surface area contributed by atoms with Crippen LogP contribution in [-0.2, 0) is 9.47 Å². The average molecular weight is 340 g/mol. The Balaban J connectivity index is 2.51. The highest BCUT2D eigenvalue weighted by Gasteiger charge is 2.18. The Hall–Kier alpha value is -2.35. The maximum Gasteiger partial charge on any atom is 0.407 e. The van der Waals surface area contributed by atoms with Gasteiger partial charge in [-0.05, 0) is 39.3 Å². The molecular formula is C16H24N2O6. The van der Waals surface area contributed by atoms with Gasteiger partial charge in [0, 0.05) is 12.6 Å². The molecule has 134 valence electrons. The van der Waals surface area contributed by atoms with Crippen molar-refractivity contribution in [3.63, 3.8) is 0 Å². The summed E-state index contributed by atoms with van der Waals surface area (Å²) in [5.41, 5.74) is -0.0163. The molecule has 1 N–H and O–H groups in total. The molecule has 0 radical (unpaired) electrons. The van der Waals surface area contributed by atoms with E-state index in [0.29, 0.717) is 5.56 Å². The van der Waals surface area contributed by atoms with E-state index in [2.05, 4.69) is 5.32 Å². The van der Waals surface area contributed by atoms with Crippen LogP contribution >= 0.6 is 0 Å². The van der Waals surface area contributed by atoms with Crippen LogP contribution in [0.25, 0.3) is 0 Å². The third-order valence-electron chi connectivity index (χ3n) is 3.01. The van der Waals surface area contributed by atoms with E-state index in [9.17, 15) is 14.9 Å². The third kappa shape index (κ3) is 6.41. The first-order valence-electron chi connectivity index (χ1n) is 7.55. The quantitative estimate of drug-likeness (QED) is 0.465. The zero-order chi connectivity index (χ0) is 18.3. The fourth-order valence-corrected chi connectivity index (χ4v) is 1.90. The van der Waals surface area contributed by atoms with Crippen LogP contribution in [-0.4, -0.2) is 36.9 Å². The van der Waals surface area contributed by atoms with Gasteiger partial charge in [-0.2, -0.15) is 0 Å². The van der Waals surface area contributed by atoms with E-state index in [4.69, 9.17) is 14.2 Å². The van der Waals surface area contributed by atoms with Crippen molar-refractivity contribution >= 4 is 11.8 Å². The molecule has 24 heavy (non-hydrogen) atoms. The summed E-state index contributed by atoms with van der Waals surface area (Å²) < 4.78 is 15.6. The van der Waals surface area contributed by atoms with Gasteiger partial charge in [0.15, 0.2) is 5.75 Å². The van der Waals surface area contributed by atoms with E-state index in [0.717, 1.165) is 0 Å². The van der Waals surface area contributed by atoms with Crippen molar-refractivity contribution in [1.82, 2.24) is 5.32 Å². The van der Waals surface area contributed by atoms with E-state index < -0.39 is 16.6 Å². The Morgan fingerprint density at radius 1 is 1.38 bits per heavy atom. The number of nitrogens with one attached hydrogen (secondary N) is 1. The van der Waals surface area contributed by atoms with Crippen molar-refractivity contribution in [3.8, 4) is 5.75 Å². The van der Waals surface area contributed by atoms with Gasteiger partial charge in [0.05, 0.1) is 24.7 Å². The molecule has 1 aromatic rings. The summed E-state index contributed by atoms with van der Waals surface area (Å²) >= 11 is 0. The van der Waals surface area contributed by atoms with Gasteiger partial charge in [-0.25, -0.2) is 4.79 Å². The molecule has 0 fully saturated rings. The Morgan fingerprint density at radius 2 is 2.04 bits per heavy atom. The molecule has 1 amide bonds. The Labute approximate surface area is 141 Å². The van der Waals surface area contributed by atoms with Gasteiger partial charge in [-0.3, -0.25) is 10.1 Å². The summed E-state index contributed by atoms with van der Waals surface area (Å²) in [5, 5.41) is 13.6. The van der Waals surface area contributed by atoms with Gasteiger partial charge >= 0.3 is 11.8 Å². The van der Waals surface area contributed by atoms with E-state index in [-0.39, 0.29) is 30.7 Å². The van der Waals surface area contributed by atoms with Crippen molar-refractivity contribution < 1.29 is 23.9 Å². The summed E-state index contributed by atoms with van der Waals surface area (Å²) in [6.07, 6.45) is -0.881. The first kappa shape index (κ1) is 19.7. The lowest BCUT2D eigenvalue weighted by Gasteiger charge is -2.20. The topological polar surface area (TPSA) is 99.9 Å². The molecule has 0 saturated carbocycles. The number of rotatable bonds is 7. The van der Waals surface area contributed by atoms with Gasteiger partial charge in [-0.1, -0.05) is 6.07 Å². The predicted octanol–water partition coefficient (Wildman–Crippen LogP) is 3.21. The molecule has 1 rings (SSSR count). The van der Waals surface area contributed by atoms with Crippen molar-refractivity contribution in [2.45, 2.75) is 39.4 Å². The molecule has 0 aliphatic rings. The zero-order valence-electron chi connectivity index (χ0n) is 14.6. The number of carbonyl (C=O) groups is 1. The number of benzene rings is 1. The molecule has 1 atom stereocenters. The van der Waals surface area contributed by atoms with Gasteiger partial charge in [0.25, 0.3) is 0 Å². The van der Waals surface area contributed by atoms with E-state index in [1.165, 1.54) is 19.2 Å². The highest BCUT2D eigenvalue weighted by atomic mass is 16.6. The number of carbonyl (C=O) groups excluding carboxylic acids is 1. The van der Waals surface area contributed by atoms with Crippen LogP contribution in [0.2, 0.25) is 0 Å². The number of alkyl carbamates (subject to hydrolysis) is 1. The van der Waals surface area contributed by atoms with Crippen LogP contribution in [0.5, 0.6) is 5.75 Å². The molecule has 1 unspecified atom stereocenters. The van der Waals surface area contributed by atoms with Crippen LogP contribution in [0.15, 0.2) is 18.2 Å². The summed E-state index contributed by atoms with van der Waals surface area (Å²) in [4.78, 5) is 22.0. The van der Waals surface area contributed by atoms with Crippen LogP contribution < -0.4 is 10.1 Å². The number of nitro groups is 1. The SMILES string of the molecule is COc1ccc(C(C)OCCNC(=O)OC(C)(C)C)cc1[N+](=O)[O-]. The van der Waals surface area contributed by atoms with Crippen LogP contribution in [0.1, 0.15) is 39.4 Å². The molecule has 0 aromatic heterocycles. The van der Waals surface area contributed by atoms with Gasteiger partial charge < -0.3 is 19.5 Å². The van der Waals surface area contributed by atoms with Gasteiger partial charge in [-0.15, -0.1) is 0 Å². The van der Waals surface area contributed by atoms with Crippen molar-refractivity contribution in [2.75, 3.05) is 20.3 Å². The first-order valence-corrected chi connectivity index (χ1v) is 7.55. The molecule has 0 heterocycles. The average Bonchev–Trinajstić information content (AvgIpc) is 2.48. The fourth-order valence-electron chi connectivity index (χ4n) is 1.90. The summed E-state index contributed by atoms with van der Waals surface area (Å²) in [5.74, 6) is 0.197. The molecule has 8 nitrogen and oxygen atoms in total. The minimum absolute atomic E-state index is 0.114. The largest absolute Gasteiger partial charge is 0.490 e. The van der Waals surface area contributed by atoms with E-state index in [1.807, 2.05) is 0 Å². The second kappa shape index (κ2) is 8.49. The molecule has 1 aromatic carbocycles. The van der Waals surface area contributed by atoms with Gasteiger partial charge in [0.2, 0.25) is 0 Å². The number of methoxy groups -OCH3 is 1. The smallest absolute Gasteiger partial charge is 0.407 e. The van der Waals surface area contributed by atoms with Crippen LogP contribution in [0.3, 0.4) is 0 Å². The lowest BCUT2D eigenvalue weighted by atomic mass is 10.1. The Morgan fingerprint density at radius 3 is 2.58 bits per heavy atom. The van der Waals surface area contributed by atoms with E-state index in [1.54, 1.807) is 33.8 Å². The first-order chi connectivity index (χ1) is 11.1. The molecule has 0 saturated heterocycles. The molecular weight excluding hydrogens is 316 g/mol. The minimum Gasteiger partial charge on any atom is -0.490 e. The van der Waals surface area contributed by atoms with Crippen molar-refractivity contribution in [3.05, 3.63) is 33.9 Å². The maximum absolute atomic E-state index is 11.5. The Kier molecular flexibility index (Phi) is 6.97. The monoisotopic (exact) mass is 340 g/mol. The Bertz CT molecular complexity index is 582. The predicted molar refractivity (Wildman–Crippen MR) is 88.3 cm³/mol. The lowest BCUT2D eigenvalue weighted by Crippen LogP contribution is -2.34. The highest BCUT2D eigenvalue weighted by Crippen LogP contribution is 2.30. The molecule has 8 heteroatoms. The fraction of sp³-hybridized carbons (Fsp3) is 0.562. The maximum atomic E-state index is 11.5. The second-order valence-electron chi connectivity index (χ2n) is 6.13. The highest BCUT2D eigenvalue weighted by molar-refractivity contribution is 5.67. The summed E-state index contributed by atoms with van der Waals surface area (Å²) in [6, 6.07) is 4.66. The normalized spacial score (nSPS) is 12.4. The molecule has 0 bridgehead atoms. The van der Waals surface area contributed by atoms with Crippen LogP contribution in [0, 0.1) is 10.1 Å². The second-order valence-corrected chi connectivity index (χ2v) is 6.13. The summed E-state index contributed by atoms with van der Waals surface area (Å²) in [6.45, 7) is 7.64. The van der Waals surface area contributed by atoms with Gasteiger partial charge in [0.1, 0.15) is 5.60 Å². The number of nitrogens with zero attached hydrogens (tertiary/aromatic N) is 1. The number of hydrogen-bond acceptors (Lipinski definition) is 6. The van der Waals surface area contributed by atoms with Crippen molar-refractivity contribution in [2.24, 2.45) is 0 Å². The molecule has 0 aliphatic heterocycles. The molecule has 0 spiro atoms.